The molecule has 1 unspecified atom stereocenters. The van der Waals surface area contributed by atoms with E-state index in [1.165, 1.54) is 90.1 Å². The molecule has 3 fully saturated rings. The molecule has 3 aliphatic rings. The minimum absolute atomic E-state index is 0.678. The summed E-state index contributed by atoms with van der Waals surface area (Å²) in [6.07, 6.45) is 17.6. The highest BCUT2D eigenvalue weighted by Gasteiger charge is 2.38. The Morgan fingerprint density at radius 2 is 1.55 bits per heavy atom. The number of nitrogens with two attached hydrogens (primary N) is 1. The van der Waals surface area contributed by atoms with E-state index in [2.05, 4.69) is 4.90 Å². The molecule has 1 heterocycles. The Bertz CT molecular complexity index is 280. The van der Waals surface area contributed by atoms with E-state index in [1.54, 1.807) is 0 Å². The van der Waals surface area contributed by atoms with E-state index < -0.39 is 0 Å². The average Bonchev–Trinajstić information content (AvgIpc) is 2.95. The Labute approximate surface area is 125 Å². The molecule has 0 aromatic heterocycles. The monoisotopic (exact) mass is 278 g/mol. The summed E-state index contributed by atoms with van der Waals surface area (Å²) in [5, 5.41) is 0. The molecule has 2 aliphatic carbocycles. The lowest BCUT2D eigenvalue weighted by Crippen LogP contribution is -2.48. The Hall–Kier alpha value is -0.0800. The fourth-order valence-electron chi connectivity index (χ4n) is 5.19. The van der Waals surface area contributed by atoms with Crippen LogP contribution in [0.15, 0.2) is 0 Å². The SMILES string of the molecule is NCC(CC1CCCCC1)N1CCC2(CCCC2)CC1. The van der Waals surface area contributed by atoms with Crippen LogP contribution >= 0.6 is 0 Å². The number of rotatable bonds is 4. The Kier molecular flexibility index (Phi) is 5.04. The van der Waals surface area contributed by atoms with Gasteiger partial charge < -0.3 is 5.73 Å². The molecule has 0 aromatic rings. The lowest BCUT2D eigenvalue weighted by Gasteiger charge is -2.43. The molecule has 116 valence electrons. The first-order chi connectivity index (χ1) is 9.81. The van der Waals surface area contributed by atoms with Crippen LogP contribution in [0.25, 0.3) is 0 Å². The van der Waals surface area contributed by atoms with Crippen LogP contribution in [0.1, 0.15) is 77.0 Å². The van der Waals surface area contributed by atoms with Gasteiger partial charge >= 0.3 is 0 Å². The quantitative estimate of drug-likeness (QED) is 0.844. The van der Waals surface area contributed by atoms with Crippen molar-refractivity contribution in [3.63, 3.8) is 0 Å². The molecule has 2 saturated carbocycles. The molecule has 1 spiro atoms. The van der Waals surface area contributed by atoms with E-state index in [9.17, 15) is 0 Å². The van der Waals surface area contributed by atoms with Crippen molar-refractivity contribution < 1.29 is 0 Å². The summed E-state index contributed by atoms with van der Waals surface area (Å²) in [4.78, 5) is 2.75. The highest BCUT2D eigenvalue weighted by Crippen LogP contribution is 2.46. The van der Waals surface area contributed by atoms with Gasteiger partial charge in [0, 0.05) is 12.6 Å². The topological polar surface area (TPSA) is 29.3 Å². The lowest BCUT2D eigenvalue weighted by molar-refractivity contribution is 0.0661. The van der Waals surface area contributed by atoms with Gasteiger partial charge in [-0.2, -0.15) is 0 Å². The van der Waals surface area contributed by atoms with E-state index in [0.29, 0.717) is 6.04 Å². The number of likely N-dealkylation sites (tertiary alicyclic amines) is 1. The summed E-state index contributed by atoms with van der Waals surface area (Å²) in [6, 6.07) is 0.678. The molecular weight excluding hydrogens is 244 g/mol. The van der Waals surface area contributed by atoms with Gasteiger partial charge in [0.05, 0.1) is 0 Å². The third-order valence-corrected chi connectivity index (χ3v) is 6.64. The van der Waals surface area contributed by atoms with Crippen molar-refractivity contribution in [2.45, 2.75) is 83.1 Å². The molecule has 2 N–H and O–H groups in total. The predicted octanol–water partition coefficient (Wildman–Crippen LogP) is 3.94. The van der Waals surface area contributed by atoms with Crippen LogP contribution in [0.5, 0.6) is 0 Å². The minimum Gasteiger partial charge on any atom is -0.329 e. The maximum Gasteiger partial charge on any atom is 0.0221 e. The van der Waals surface area contributed by atoms with Crippen molar-refractivity contribution >= 4 is 0 Å². The van der Waals surface area contributed by atoms with E-state index in [4.69, 9.17) is 5.73 Å². The third-order valence-electron chi connectivity index (χ3n) is 6.64. The van der Waals surface area contributed by atoms with Crippen LogP contribution in [-0.2, 0) is 0 Å². The largest absolute Gasteiger partial charge is 0.329 e. The van der Waals surface area contributed by atoms with Crippen molar-refractivity contribution in [2.24, 2.45) is 17.1 Å². The van der Waals surface area contributed by atoms with Crippen LogP contribution in [0.2, 0.25) is 0 Å². The highest BCUT2D eigenvalue weighted by molar-refractivity contribution is 4.92. The second-order valence-electron chi connectivity index (χ2n) is 7.87. The van der Waals surface area contributed by atoms with Crippen LogP contribution in [0.4, 0.5) is 0 Å². The lowest BCUT2D eigenvalue weighted by atomic mass is 9.76. The van der Waals surface area contributed by atoms with Crippen molar-refractivity contribution in [2.75, 3.05) is 19.6 Å². The summed E-state index contributed by atoms with van der Waals surface area (Å²) < 4.78 is 0. The van der Waals surface area contributed by atoms with Gasteiger partial charge in [0.2, 0.25) is 0 Å². The zero-order valence-corrected chi connectivity index (χ0v) is 13.3. The Balaban J connectivity index is 1.49. The Morgan fingerprint density at radius 1 is 0.900 bits per heavy atom. The zero-order valence-electron chi connectivity index (χ0n) is 13.3. The average molecular weight is 278 g/mol. The second-order valence-corrected chi connectivity index (χ2v) is 7.87. The van der Waals surface area contributed by atoms with Crippen molar-refractivity contribution in [3.05, 3.63) is 0 Å². The summed E-state index contributed by atoms with van der Waals surface area (Å²) >= 11 is 0. The number of nitrogens with zero attached hydrogens (tertiary/aromatic N) is 1. The van der Waals surface area contributed by atoms with Gasteiger partial charge in [-0.25, -0.2) is 0 Å². The maximum absolute atomic E-state index is 6.12. The second kappa shape index (κ2) is 6.79. The molecule has 2 nitrogen and oxygen atoms in total. The Morgan fingerprint density at radius 3 is 2.15 bits per heavy atom. The summed E-state index contributed by atoms with van der Waals surface area (Å²) in [5.74, 6) is 0.972. The molecule has 0 amide bonds. The molecule has 1 aliphatic heterocycles. The van der Waals surface area contributed by atoms with Gasteiger partial charge in [0.15, 0.2) is 0 Å². The van der Waals surface area contributed by atoms with E-state index >= 15 is 0 Å². The molecule has 1 saturated heterocycles. The van der Waals surface area contributed by atoms with Gasteiger partial charge in [-0.1, -0.05) is 44.9 Å². The minimum atomic E-state index is 0.678. The van der Waals surface area contributed by atoms with Crippen LogP contribution in [-0.4, -0.2) is 30.6 Å². The summed E-state index contributed by atoms with van der Waals surface area (Å²) in [5.41, 5.74) is 6.87. The first-order valence-corrected chi connectivity index (χ1v) is 9.25. The summed E-state index contributed by atoms with van der Waals surface area (Å²) in [7, 11) is 0. The van der Waals surface area contributed by atoms with Crippen LogP contribution < -0.4 is 5.73 Å². The van der Waals surface area contributed by atoms with Gasteiger partial charge in [-0.3, -0.25) is 4.90 Å². The fourth-order valence-corrected chi connectivity index (χ4v) is 5.19. The molecule has 0 radical (unpaired) electrons. The van der Waals surface area contributed by atoms with Gasteiger partial charge in [0.25, 0.3) is 0 Å². The van der Waals surface area contributed by atoms with Crippen molar-refractivity contribution in [3.8, 4) is 0 Å². The van der Waals surface area contributed by atoms with E-state index in [-0.39, 0.29) is 0 Å². The van der Waals surface area contributed by atoms with Crippen molar-refractivity contribution in [1.29, 1.82) is 0 Å². The van der Waals surface area contributed by atoms with Gasteiger partial charge in [-0.15, -0.1) is 0 Å². The standard InChI is InChI=1S/C18H34N2/c19-15-17(14-16-6-2-1-3-7-16)20-12-10-18(11-13-20)8-4-5-9-18/h16-17H,1-15,19H2. The molecule has 3 rings (SSSR count). The fraction of sp³-hybridized carbons (Fsp3) is 1.00. The molecule has 1 atom stereocenters. The number of hydrogen-bond acceptors (Lipinski definition) is 2. The first kappa shape index (κ1) is 14.8. The van der Waals surface area contributed by atoms with Crippen LogP contribution in [0, 0.1) is 11.3 Å². The van der Waals surface area contributed by atoms with E-state index in [1.807, 2.05) is 0 Å². The molecule has 20 heavy (non-hydrogen) atoms. The molecule has 0 bridgehead atoms. The number of hydrogen-bond donors (Lipinski definition) is 1. The molecular formula is C18H34N2. The first-order valence-electron chi connectivity index (χ1n) is 9.25. The maximum atomic E-state index is 6.12. The van der Waals surface area contributed by atoms with Crippen LogP contribution in [0.3, 0.4) is 0 Å². The third kappa shape index (κ3) is 3.39. The molecule has 0 aromatic carbocycles. The van der Waals surface area contributed by atoms with Crippen molar-refractivity contribution in [1.82, 2.24) is 4.90 Å². The predicted molar refractivity (Wildman–Crippen MR) is 85.7 cm³/mol. The zero-order chi connectivity index (χ0) is 13.8. The van der Waals surface area contributed by atoms with E-state index in [0.717, 1.165) is 17.9 Å². The smallest absolute Gasteiger partial charge is 0.0221 e. The van der Waals surface area contributed by atoms with Gasteiger partial charge in [-0.05, 0) is 56.5 Å². The van der Waals surface area contributed by atoms with Gasteiger partial charge in [0.1, 0.15) is 0 Å². The normalized spacial score (nSPS) is 29.9. The highest BCUT2D eigenvalue weighted by atomic mass is 15.2. The molecule has 2 heteroatoms. The number of piperidine rings is 1. The summed E-state index contributed by atoms with van der Waals surface area (Å²) in [6.45, 7) is 3.53.